The quantitative estimate of drug-likeness (QED) is 0.481. The van der Waals surface area contributed by atoms with E-state index in [4.69, 9.17) is 4.74 Å². The molecule has 0 bridgehead atoms. The van der Waals surface area contributed by atoms with Crippen LogP contribution in [0.25, 0.3) is 0 Å². The predicted octanol–water partition coefficient (Wildman–Crippen LogP) is 3.59. The van der Waals surface area contributed by atoms with Gasteiger partial charge in [-0.2, -0.15) is 0 Å². The normalized spacial score (nSPS) is 43.0. The smallest absolute Gasteiger partial charge is 0.146 e. The first-order valence-electron chi connectivity index (χ1n) is 8.71. The van der Waals surface area contributed by atoms with Gasteiger partial charge in [-0.05, 0) is 57.9 Å². The highest BCUT2D eigenvalue weighted by atomic mass is 16.6. The molecule has 3 nitrogen and oxygen atoms in total. The van der Waals surface area contributed by atoms with Crippen LogP contribution in [0, 0.1) is 17.8 Å². The molecule has 1 N–H and O–H groups in total. The summed E-state index contributed by atoms with van der Waals surface area (Å²) in [5.41, 5.74) is 3.02. The van der Waals surface area contributed by atoms with Gasteiger partial charge >= 0.3 is 0 Å². The molecule has 0 aromatic rings. The van der Waals surface area contributed by atoms with Crippen molar-refractivity contribution in [1.82, 2.24) is 0 Å². The molecule has 0 amide bonds. The van der Waals surface area contributed by atoms with Crippen LogP contribution in [0.5, 0.6) is 0 Å². The van der Waals surface area contributed by atoms with E-state index in [1.165, 1.54) is 0 Å². The summed E-state index contributed by atoms with van der Waals surface area (Å²) >= 11 is 0. The number of aldehydes is 1. The molecule has 23 heavy (non-hydrogen) atoms. The van der Waals surface area contributed by atoms with E-state index in [9.17, 15) is 9.90 Å². The third kappa shape index (κ3) is 3.09. The number of aliphatic hydroxyl groups excluding tert-OH is 1. The average Bonchev–Trinajstić information content (AvgIpc) is 3.14. The number of epoxide rings is 1. The lowest BCUT2D eigenvalue weighted by Gasteiger charge is -2.39. The van der Waals surface area contributed by atoms with Crippen molar-refractivity contribution in [3.8, 4) is 0 Å². The van der Waals surface area contributed by atoms with Crippen LogP contribution in [0.4, 0.5) is 0 Å². The largest absolute Gasteiger partial charge is 0.392 e. The van der Waals surface area contributed by atoms with Gasteiger partial charge < -0.3 is 9.84 Å². The van der Waals surface area contributed by atoms with Crippen molar-refractivity contribution >= 4 is 6.29 Å². The van der Waals surface area contributed by atoms with Crippen LogP contribution < -0.4 is 0 Å². The van der Waals surface area contributed by atoms with E-state index in [2.05, 4.69) is 19.6 Å². The van der Waals surface area contributed by atoms with Crippen LogP contribution in [0.2, 0.25) is 0 Å². The van der Waals surface area contributed by atoms with E-state index < -0.39 is 6.10 Å². The van der Waals surface area contributed by atoms with Crippen LogP contribution in [0.15, 0.2) is 35.5 Å². The highest BCUT2D eigenvalue weighted by Crippen LogP contribution is 2.50. The Morgan fingerprint density at radius 1 is 1.43 bits per heavy atom. The molecular weight excluding hydrogens is 288 g/mol. The van der Waals surface area contributed by atoms with E-state index in [-0.39, 0.29) is 23.4 Å². The topological polar surface area (TPSA) is 49.8 Å². The van der Waals surface area contributed by atoms with Gasteiger partial charge in [0, 0.05) is 11.8 Å². The summed E-state index contributed by atoms with van der Waals surface area (Å²) in [6.45, 7) is 10.5. The van der Waals surface area contributed by atoms with Crippen molar-refractivity contribution in [1.29, 1.82) is 0 Å². The third-order valence-corrected chi connectivity index (χ3v) is 5.86. The Kier molecular flexibility index (Phi) is 4.37. The highest BCUT2D eigenvalue weighted by molar-refractivity contribution is 5.75. The maximum absolute atomic E-state index is 11.7. The van der Waals surface area contributed by atoms with Crippen molar-refractivity contribution in [3.05, 3.63) is 35.5 Å². The minimum atomic E-state index is -0.491. The Bertz CT molecular complexity index is 569. The SMILES string of the molecule is C=C1CC[C@H]2O[C@@]2(C)CC[C@@H]2C(C=O)=C[C@@H](C=C(C)C)[C@H](O)[C@@H]12. The number of hydrogen-bond acceptors (Lipinski definition) is 3. The summed E-state index contributed by atoms with van der Waals surface area (Å²) in [5.74, 6) is -0.0567. The number of hydrogen-bond donors (Lipinski definition) is 1. The van der Waals surface area contributed by atoms with E-state index in [0.29, 0.717) is 6.10 Å². The van der Waals surface area contributed by atoms with Gasteiger partial charge in [0.2, 0.25) is 0 Å². The fraction of sp³-hybridized carbons (Fsp3) is 0.650. The van der Waals surface area contributed by atoms with Crippen molar-refractivity contribution in [2.75, 3.05) is 0 Å². The maximum Gasteiger partial charge on any atom is 0.146 e. The molecule has 1 aliphatic heterocycles. The molecule has 2 aliphatic carbocycles. The molecule has 126 valence electrons. The monoisotopic (exact) mass is 316 g/mol. The first-order chi connectivity index (χ1) is 10.9. The number of carbonyl (C=O) groups excluding carboxylic acids is 1. The second-order valence-corrected chi connectivity index (χ2v) is 7.88. The summed E-state index contributed by atoms with van der Waals surface area (Å²) in [5, 5.41) is 10.9. The van der Waals surface area contributed by atoms with Gasteiger partial charge in [-0.3, -0.25) is 4.79 Å². The van der Waals surface area contributed by atoms with Gasteiger partial charge in [-0.1, -0.05) is 29.9 Å². The molecule has 1 saturated carbocycles. The lowest BCUT2D eigenvalue weighted by molar-refractivity contribution is -0.106. The first kappa shape index (κ1) is 16.7. The van der Waals surface area contributed by atoms with Crippen LogP contribution in [0.3, 0.4) is 0 Å². The lowest BCUT2D eigenvalue weighted by atomic mass is 9.67. The Morgan fingerprint density at radius 2 is 2.17 bits per heavy atom. The number of carbonyl (C=O) groups is 1. The summed E-state index contributed by atoms with van der Waals surface area (Å²) in [4.78, 5) is 11.7. The second-order valence-electron chi connectivity index (χ2n) is 7.88. The van der Waals surface area contributed by atoms with Crippen molar-refractivity contribution < 1.29 is 14.6 Å². The summed E-state index contributed by atoms with van der Waals surface area (Å²) in [7, 11) is 0. The van der Waals surface area contributed by atoms with E-state index in [1.54, 1.807) is 0 Å². The number of allylic oxidation sites excluding steroid dienone is 2. The van der Waals surface area contributed by atoms with Crippen LogP contribution >= 0.6 is 0 Å². The van der Waals surface area contributed by atoms with Crippen LogP contribution in [-0.2, 0) is 9.53 Å². The Balaban J connectivity index is 1.95. The Labute approximate surface area is 139 Å². The molecule has 2 fully saturated rings. The number of aliphatic hydroxyl groups is 1. The number of rotatable bonds is 2. The maximum atomic E-state index is 11.7. The fourth-order valence-electron chi connectivity index (χ4n) is 4.46. The van der Waals surface area contributed by atoms with Gasteiger partial charge in [0.05, 0.1) is 17.8 Å². The molecular formula is C20H28O3. The number of fused-ring (bicyclic) bond motifs is 2. The molecule has 3 rings (SSSR count). The first-order valence-corrected chi connectivity index (χ1v) is 8.71. The standard InChI is InChI=1S/C20H28O3/c1-12(2)9-14-10-15(11-21)16-7-8-20(4)17(23-20)6-5-13(3)18(16)19(14)22/h9-11,14,16-19,22H,3,5-8H2,1-2,4H3/t14-,16-,17-,18+,19+,20+/m1/s1. The molecule has 3 heteroatoms. The molecule has 3 aliphatic rings. The molecule has 0 unspecified atom stereocenters. The zero-order valence-electron chi connectivity index (χ0n) is 14.4. The molecule has 1 heterocycles. The molecule has 0 radical (unpaired) electrons. The Morgan fingerprint density at radius 3 is 2.83 bits per heavy atom. The van der Waals surface area contributed by atoms with Crippen LogP contribution in [0.1, 0.15) is 46.5 Å². The van der Waals surface area contributed by atoms with E-state index in [0.717, 1.165) is 48.7 Å². The van der Waals surface area contributed by atoms with E-state index in [1.807, 2.05) is 19.9 Å². The molecule has 0 spiro atoms. The predicted molar refractivity (Wildman–Crippen MR) is 90.9 cm³/mol. The number of ether oxygens (including phenoxy) is 1. The van der Waals surface area contributed by atoms with Gasteiger partial charge in [0.25, 0.3) is 0 Å². The third-order valence-electron chi connectivity index (χ3n) is 5.86. The second kappa shape index (κ2) is 6.03. The van der Waals surface area contributed by atoms with Gasteiger partial charge in [0.15, 0.2) is 0 Å². The van der Waals surface area contributed by atoms with Crippen molar-refractivity contribution in [3.63, 3.8) is 0 Å². The highest BCUT2D eigenvalue weighted by Gasteiger charge is 2.53. The summed E-state index contributed by atoms with van der Waals surface area (Å²) in [6.07, 6.45) is 8.48. The molecule has 0 aromatic heterocycles. The minimum Gasteiger partial charge on any atom is -0.392 e. The van der Waals surface area contributed by atoms with Gasteiger partial charge in [0.1, 0.15) is 6.29 Å². The fourth-order valence-corrected chi connectivity index (χ4v) is 4.46. The van der Waals surface area contributed by atoms with Gasteiger partial charge in [-0.25, -0.2) is 0 Å². The molecule has 0 aromatic carbocycles. The summed E-state index contributed by atoms with van der Waals surface area (Å²) < 4.78 is 5.86. The zero-order chi connectivity index (χ0) is 16.8. The van der Waals surface area contributed by atoms with E-state index >= 15 is 0 Å². The van der Waals surface area contributed by atoms with Crippen LogP contribution in [-0.4, -0.2) is 29.2 Å². The van der Waals surface area contributed by atoms with Crippen molar-refractivity contribution in [2.24, 2.45) is 17.8 Å². The van der Waals surface area contributed by atoms with Crippen molar-refractivity contribution in [2.45, 2.75) is 64.3 Å². The Hall–Kier alpha value is -1.19. The lowest BCUT2D eigenvalue weighted by Crippen LogP contribution is -2.39. The molecule has 1 saturated heterocycles. The minimum absolute atomic E-state index is 0.0260. The zero-order valence-corrected chi connectivity index (χ0v) is 14.4. The average molecular weight is 316 g/mol. The molecule has 6 atom stereocenters. The van der Waals surface area contributed by atoms with Gasteiger partial charge in [-0.15, -0.1) is 0 Å². The summed E-state index contributed by atoms with van der Waals surface area (Å²) in [6, 6.07) is 0.